The molecule has 2 aromatic carbocycles. The molecule has 2 aromatic rings. The van der Waals surface area contributed by atoms with E-state index in [2.05, 4.69) is 21.2 Å². The van der Waals surface area contributed by atoms with Gasteiger partial charge >= 0.3 is 0 Å². The number of hydrogen-bond acceptors (Lipinski definition) is 3. The number of benzene rings is 2. The van der Waals surface area contributed by atoms with Crippen molar-refractivity contribution in [3.8, 4) is 5.75 Å². The summed E-state index contributed by atoms with van der Waals surface area (Å²) in [5.74, 6) is 0.848. The standard InChI is InChI=1S/C15H17BrN2O/c1-19-12-8-6-11(7-9-12)15(10-17)18-14-5-3-2-4-13(14)16/h2-9,15,18H,10,17H2,1H3. The molecule has 0 spiro atoms. The van der Waals surface area contributed by atoms with Crippen LogP contribution in [0.15, 0.2) is 53.0 Å². The number of halogens is 1. The van der Waals surface area contributed by atoms with Crippen molar-refractivity contribution in [2.45, 2.75) is 6.04 Å². The number of methoxy groups -OCH3 is 1. The second kappa shape index (κ2) is 6.59. The molecule has 19 heavy (non-hydrogen) atoms. The molecule has 3 N–H and O–H groups in total. The van der Waals surface area contributed by atoms with Crippen molar-refractivity contribution in [3.63, 3.8) is 0 Å². The van der Waals surface area contributed by atoms with E-state index in [9.17, 15) is 0 Å². The van der Waals surface area contributed by atoms with Gasteiger partial charge in [-0.2, -0.15) is 0 Å². The molecule has 0 fully saturated rings. The number of ether oxygens (including phenoxy) is 1. The monoisotopic (exact) mass is 320 g/mol. The molecule has 0 aliphatic rings. The van der Waals surface area contributed by atoms with Gasteiger partial charge < -0.3 is 15.8 Å². The van der Waals surface area contributed by atoms with Crippen LogP contribution in [0.3, 0.4) is 0 Å². The Hall–Kier alpha value is -1.52. The van der Waals surface area contributed by atoms with Crippen LogP contribution in [0.4, 0.5) is 5.69 Å². The third-order valence-electron chi connectivity index (χ3n) is 2.96. The smallest absolute Gasteiger partial charge is 0.118 e. The fourth-order valence-corrected chi connectivity index (χ4v) is 2.28. The molecule has 0 saturated heterocycles. The molecule has 0 heterocycles. The molecular formula is C15H17BrN2O. The highest BCUT2D eigenvalue weighted by Crippen LogP contribution is 2.26. The van der Waals surface area contributed by atoms with Crippen molar-refractivity contribution in [3.05, 3.63) is 58.6 Å². The fourth-order valence-electron chi connectivity index (χ4n) is 1.88. The Morgan fingerprint density at radius 1 is 1.16 bits per heavy atom. The number of rotatable bonds is 5. The highest BCUT2D eigenvalue weighted by molar-refractivity contribution is 9.10. The van der Waals surface area contributed by atoms with E-state index in [1.807, 2.05) is 48.5 Å². The van der Waals surface area contributed by atoms with Crippen LogP contribution in [-0.4, -0.2) is 13.7 Å². The maximum atomic E-state index is 5.86. The first-order valence-corrected chi connectivity index (χ1v) is 6.89. The summed E-state index contributed by atoms with van der Waals surface area (Å²) in [6.07, 6.45) is 0. The molecule has 3 nitrogen and oxygen atoms in total. The van der Waals surface area contributed by atoms with Crippen molar-refractivity contribution in [2.75, 3.05) is 19.0 Å². The van der Waals surface area contributed by atoms with Crippen LogP contribution < -0.4 is 15.8 Å². The van der Waals surface area contributed by atoms with E-state index in [1.165, 1.54) is 0 Å². The number of nitrogens with one attached hydrogen (secondary N) is 1. The van der Waals surface area contributed by atoms with Crippen molar-refractivity contribution in [1.29, 1.82) is 0 Å². The zero-order valence-corrected chi connectivity index (χ0v) is 12.4. The quantitative estimate of drug-likeness (QED) is 0.885. The van der Waals surface area contributed by atoms with Crippen molar-refractivity contribution in [1.82, 2.24) is 0 Å². The van der Waals surface area contributed by atoms with Crippen LogP contribution in [0.1, 0.15) is 11.6 Å². The summed E-state index contributed by atoms with van der Waals surface area (Å²) < 4.78 is 6.19. The summed E-state index contributed by atoms with van der Waals surface area (Å²) in [7, 11) is 1.66. The lowest BCUT2D eigenvalue weighted by Gasteiger charge is -2.19. The van der Waals surface area contributed by atoms with Gasteiger partial charge in [-0.05, 0) is 45.8 Å². The second-order valence-electron chi connectivity index (χ2n) is 4.19. The van der Waals surface area contributed by atoms with Gasteiger partial charge in [0.05, 0.1) is 13.2 Å². The fraction of sp³-hybridized carbons (Fsp3) is 0.200. The lowest BCUT2D eigenvalue weighted by atomic mass is 10.1. The number of anilines is 1. The summed E-state index contributed by atoms with van der Waals surface area (Å²) in [6.45, 7) is 0.521. The second-order valence-corrected chi connectivity index (χ2v) is 5.04. The minimum atomic E-state index is 0.0737. The lowest BCUT2D eigenvalue weighted by molar-refractivity contribution is 0.414. The normalized spacial score (nSPS) is 11.9. The van der Waals surface area contributed by atoms with E-state index in [-0.39, 0.29) is 6.04 Å². The molecule has 2 rings (SSSR count). The molecule has 1 atom stereocenters. The molecule has 0 bridgehead atoms. The Bertz CT molecular complexity index is 528. The predicted molar refractivity (Wildman–Crippen MR) is 82.6 cm³/mol. The first-order chi connectivity index (χ1) is 9.24. The van der Waals surface area contributed by atoms with Gasteiger partial charge in [0.25, 0.3) is 0 Å². The lowest BCUT2D eigenvalue weighted by Crippen LogP contribution is -2.20. The molecule has 0 aromatic heterocycles. The predicted octanol–water partition coefficient (Wildman–Crippen LogP) is 3.57. The first-order valence-electron chi connectivity index (χ1n) is 6.09. The number of hydrogen-bond donors (Lipinski definition) is 2. The van der Waals surface area contributed by atoms with Crippen LogP contribution >= 0.6 is 15.9 Å². The molecule has 0 amide bonds. The van der Waals surface area contributed by atoms with Gasteiger partial charge in [-0.25, -0.2) is 0 Å². The van der Waals surface area contributed by atoms with E-state index in [1.54, 1.807) is 7.11 Å². The maximum absolute atomic E-state index is 5.86. The zero-order valence-electron chi connectivity index (χ0n) is 10.8. The third kappa shape index (κ3) is 3.49. The Morgan fingerprint density at radius 3 is 2.42 bits per heavy atom. The summed E-state index contributed by atoms with van der Waals surface area (Å²) in [5, 5.41) is 3.44. The Labute approximate surface area is 121 Å². The van der Waals surface area contributed by atoms with Gasteiger partial charge in [-0.1, -0.05) is 24.3 Å². The summed E-state index contributed by atoms with van der Waals surface area (Å²) in [6, 6.07) is 16.0. The first kappa shape index (κ1) is 13.9. The molecule has 100 valence electrons. The van der Waals surface area contributed by atoms with E-state index in [0.29, 0.717) is 6.54 Å². The molecule has 4 heteroatoms. The van der Waals surface area contributed by atoms with Gasteiger partial charge in [-0.15, -0.1) is 0 Å². The Kier molecular flexibility index (Phi) is 4.82. The van der Waals surface area contributed by atoms with E-state index in [4.69, 9.17) is 10.5 Å². The number of nitrogens with two attached hydrogens (primary N) is 1. The van der Waals surface area contributed by atoms with Crippen LogP contribution in [0.5, 0.6) is 5.75 Å². The van der Waals surface area contributed by atoms with Crippen LogP contribution in [0.25, 0.3) is 0 Å². The largest absolute Gasteiger partial charge is 0.497 e. The van der Waals surface area contributed by atoms with Crippen LogP contribution in [0.2, 0.25) is 0 Å². The summed E-state index contributed by atoms with van der Waals surface area (Å²) >= 11 is 3.53. The van der Waals surface area contributed by atoms with Gasteiger partial charge in [-0.3, -0.25) is 0 Å². The Balaban J connectivity index is 2.17. The van der Waals surface area contributed by atoms with Gasteiger partial charge in [0.2, 0.25) is 0 Å². The molecular weight excluding hydrogens is 304 g/mol. The van der Waals surface area contributed by atoms with Crippen molar-refractivity contribution in [2.24, 2.45) is 5.73 Å². The van der Waals surface area contributed by atoms with E-state index < -0.39 is 0 Å². The maximum Gasteiger partial charge on any atom is 0.118 e. The average molecular weight is 321 g/mol. The van der Waals surface area contributed by atoms with Crippen molar-refractivity contribution >= 4 is 21.6 Å². The number of para-hydroxylation sites is 1. The highest BCUT2D eigenvalue weighted by Gasteiger charge is 2.10. The van der Waals surface area contributed by atoms with Crippen molar-refractivity contribution < 1.29 is 4.74 Å². The SMILES string of the molecule is COc1ccc(C(CN)Nc2ccccc2Br)cc1. The molecule has 0 saturated carbocycles. The summed E-state index contributed by atoms with van der Waals surface area (Å²) in [5.41, 5.74) is 8.04. The average Bonchev–Trinajstić information content (AvgIpc) is 2.47. The molecule has 0 radical (unpaired) electrons. The van der Waals surface area contributed by atoms with Crippen LogP contribution in [0, 0.1) is 0 Å². The molecule has 0 aliphatic carbocycles. The van der Waals surface area contributed by atoms with Crippen LogP contribution in [-0.2, 0) is 0 Å². The van der Waals surface area contributed by atoms with Gasteiger partial charge in [0.1, 0.15) is 5.75 Å². The topological polar surface area (TPSA) is 47.3 Å². The third-order valence-corrected chi connectivity index (χ3v) is 3.65. The van der Waals surface area contributed by atoms with E-state index in [0.717, 1.165) is 21.5 Å². The minimum Gasteiger partial charge on any atom is -0.497 e. The minimum absolute atomic E-state index is 0.0737. The molecule has 0 aliphatic heterocycles. The van der Waals surface area contributed by atoms with Gasteiger partial charge in [0.15, 0.2) is 0 Å². The summed E-state index contributed by atoms with van der Waals surface area (Å²) in [4.78, 5) is 0. The Morgan fingerprint density at radius 2 is 1.84 bits per heavy atom. The van der Waals surface area contributed by atoms with E-state index >= 15 is 0 Å². The van der Waals surface area contributed by atoms with Gasteiger partial charge in [0, 0.05) is 16.7 Å². The molecule has 1 unspecified atom stereocenters. The highest BCUT2D eigenvalue weighted by atomic mass is 79.9. The zero-order chi connectivity index (χ0) is 13.7.